The number of aromatic amines is 2. The molecule has 3 aromatic heterocycles. The van der Waals surface area contributed by atoms with Gasteiger partial charge in [0, 0.05) is 24.2 Å². The van der Waals surface area contributed by atoms with Crippen LogP contribution in [0.25, 0.3) is 22.6 Å². The van der Waals surface area contributed by atoms with Crippen LogP contribution in [0.5, 0.6) is 5.75 Å². The Morgan fingerprint density at radius 2 is 1.86 bits per heavy atom. The molecule has 0 aliphatic carbocycles. The van der Waals surface area contributed by atoms with Crippen LogP contribution in [-0.4, -0.2) is 32.4 Å². The van der Waals surface area contributed by atoms with Crippen molar-refractivity contribution in [1.29, 1.82) is 0 Å². The zero-order chi connectivity index (χ0) is 20.4. The number of aryl methyl sites for hydroxylation is 1. The molecule has 0 saturated heterocycles. The van der Waals surface area contributed by atoms with Crippen molar-refractivity contribution in [2.24, 2.45) is 0 Å². The summed E-state index contributed by atoms with van der Waals surface area (Å²) in [6.07, 6.45) is 1.90. The highest BCUT2D eigenvalue weighted by atomic mass is 16.5. The molecular weight excluding hydrogens is 374 g/mol. The fourth-order valence-corrected chi connectivity index (χ4v) is 2.91. The van der Waals surface area contributed by atoms with Gasteiger partial charge in [0.2, 0.25) is 0 Å². The maximum absolute atomic E-state index is 12.0. The topological polar surface area (TPSA) is 127 Å². The molecule has 0 aliphatic rings. The first kappa shape index (κ1) is 18.4. The fourth-order valence-electron chi connectivity index (χ4n) is 2.91. The van der Waals surface area contributed by atoms with Crippen LogP contribution >= 0.6 is 0 Å². The summed E-state index contributed by atoms with van der Waals surface area (Å²) >= 11 is 0. The summed E-state index contributed by atoms with van der Waals surface area (Å²) in [5.41, 5.74) is 2.50. The first-order chi connectivity index (χ1) is 14.0. The van der Waals surface area contributed by atoms with Gasteiger partial charge >= 0.3 is 5.69 Å². The SMILES string of the molecule is COc1ccc(Cc2cc(-c3cc(-c4c[nH]c(=O)[nH]c4=O)nnc3C)on2)cc1. The summed E-state index contributed by atoms with van der Waals surface area (Å²) in [7, 11) is 1.62. The number of rotatable bonds is 5. The van der Waals surface area contributed by atoms with Crippen molar-refractivity contribution in [2.75, 3.05) is 7.11 Å². The molecule has 9 heteroatoms. The summed E-state index contributed by atoms with van der Waals surface area (Å²) in [5, 5.41) is 12.3. The highest BCUT2D eigenvalue weighted by Gasteiger charge is 2.15. The molecule has 0 fully saturated rings. The predicted octanol–water partition coefficient (Wildman–Crippen LogP) is 2.08. The van der Waals surface area contributed by atoms with Crippen LogP contribution in [0.2, 0.25) is 0 Å². The molecule has 3 heterocycles. The van der Waals surface area contributed by atoms with Crippen LogP contribution in [0.1, 0.15) is 17.0 Å². The molecule has 146 valence electrons. The van der Waals surface area contributed by atoms with Crippen molar-refractivity contribution in [3.8, 4) is 28.3 Å². The van der Waals surface area contributed by atoms with E-state index in [2.05, 4.69) is 25.3 Å². The molecule has 4 aromatic rings. The summed E-state index contributed by atoms with van der Waals surface area (Å²) in [6.45, 7) is 1.79. The fraction of sp³-hybridized carbons (Fsp3) is 0.150. The van der Waals surface area contributed by atoms with Crippen molar-refractivity contribution in [3.63, 3.8) is 0 Å². The number of hydrogen-bond donors (Lipinski definition) is 2. The molecule has 0 spiro atoms. The average Bonchev–Trinajstić information content (AvgIpc) is 3.17. The van der Waals surface area contributed by atoms with Gasteiger partial charge in [-0.05, 0) is 30.7 Å². The summed E-state index contributed by atoms with van der Waals surface area (Å²) in [6, 6.07) is 11.2. The number of benzene rings is 1. The third-order valence-corrected chi connectivity index (χ3v) is 4.44. The number of hydrogen-bond acceptors (Lipinski definition) is 7. The van der Waals surface area contributed by atoms with Gasteiger partial charge < -0.3 is 14.2 Å². The molecule has 0 radical (unpaired) electrons. The molecule has 0 aliphatic heterocycles. The monoisotopic (exact) mass is 391 g/mol. The Hall–Kier alpha value is -4.01. The van der Waals surface area contributed by atoms with E-state index in [1.54, 1.807) is 20.1 Å². The summed E-state index contributed by atoms with van der Waals surface area (Å²) in [4.78, 5) is 27.9. The maximum Gasteiger partial charge on any atom is 0.325 e. The van der Waals surface area contributed by atoms with E-state index in [1.807, 2.05) is 30.3 Å². The van der Waals surface area contributed by atoms with E-state index in [9.17, 15) is 9.59 Å². The lowest BCUT2D eigenvalue weighted by Crippen LogP contribution is -2.22. The van der Waals surface area contributed by atoms with Crippen LogP contribution in [-0.2, 0) is 6.42 Å². The Balaban J connectivity index is 1.64. The molecule has 2 N–H and O–H groups in total. The third kappa shape index (κ3) is 3.84. The lowest BCUT2D eigenvalue weighted by Gasteiger charge is -2.03. The van der Waals surface area contributed by atoms with Gasteiger partial charge in [0.25, 0.3) is 5.56 Å². The second kappa shape index (κ2) is 7.55. The van der Waals surface area contributed by atoms with E-state index in [4.69, 9.17) is 9.26 Å². The third-order valence-electron chi connectivity index (χ3n) is 4.44. The minimum atomic E-state index is -0.586. The van der Waals surface area contributed by atoms with Crippen LogP contribution in [0.15, 0.2) is 56.7 Å². The van der Waals surface area contributed by atoms with Crippen LogP contribution < -0.4 is 16.0 Å². The van der Waals surface area contributed by atoms with Gasteiger partial charge in [-0.3, -0.25) is 9.78 Å². The quantitative estimate of drug-likeness (QED) is 0.533. The van der Waals surface area contributed by atoms with Crippen molar-refractivity contribution < 1.29 is 9.26 Å². The van der Waals surface area contributed by atoms with Crippen molar-refractivity contribution in [3.05, 3.63) is 80.4 Å². The van der Waals surface area contributed by atoms with E-state index in [0.717, 1.165) is 17.0 Å². The Morgan fingerprint density at radius 3 is 2.59 bits per heavy atom. The molecule has 9 nitrogen and oxygen atoms in total. The number of ether oxygens (including phenoxy) is 1. The first-order valence-electron chi connectivity index (χ1n) is 8.79. The van der Waals surface area contributed by atoms with E-state index < -0.39 is 11.2 Å². The molecule has 0 saturated carbocycles. The minimum Gasteiger partial charge on any atom is -0.497 e. The van der Waals surface area contributed by atoms with Gasteiger partial charge in [-0.2, -0.15) is 5.10 Å². The second-order valence-electron chi connectivity index (χ2n) is 6.42. The van der Waals surface area contributed by atoms with Crippen LogP contribution in [0.3, 0.4) is 0 Å². The second-order valence-corrected chi connectivity index (χ2v) is 6.42. The van der Waals surface area contributed by atoms with Crippen molar-refractivity contribution in [2.45, 2.75) is 13.3 Å². The lowest BCUT2D eigenvalue weighted by molar-refractivity contribution is 0.414. The van der Waals surface area contributed by atoms with Crippen molar-refractivity contribution in [1.82, 2.24) is 25.3 Å². The zero-order valence-electron chi connectivity index (χ0n) is 15.7. The largest absolute Gasteiger partial charge is 0.497 e. The standard InChI is InChI=1S/C20H17N5O4/c1-11-15(9-17(24-23-11)16-10-21-20(27)22-19(16)26)18-8-13(25-29-18)7-12-3-5-14(28-2)6-4-12/h3-6,8-10H,7H2,1-2H3,(H2,21,22,26,27). The molecule has 4 rings (SSSR count). The highest BCUT2D eigenvalue weighted by molar-refractivity contribution is 5.67. The molecule has 1 aromatic carbocycles. The number of methoxy groups -OCH3 is 1. The van der Waals surface area contributed by atoms with Gasteiger partial charge in [-0.1, -0.05) is 17.3 Å². The van der Waals surface area contributed by atoms with Crippen molar-refractivity contribution >= 4 is 0 Å². The molecule has 0 unspecified atom stereocenters. The number of nitrogens with zero attached hydrogens (tertiary/aromatic N) is 3. The Kier molecular flexibility index (Phi) is 4.78. The normalized spacial score (nSPS) is 10.8. The Labute approximate surface area is 164 Å². The summed E-state index contributed by atoms with van der Waals surface area (Å²) in [5.74, 6) is 1.31. The Morgan fingerprint density at radius 1 is 1.07 bits per heavy atom. The van der Waals surface area contributed by atoms with Gasteiger partial charge in [-0.25, -0.2) is 4.79 Å². The summed E-state index contributed by atoms with van der Waals surface area (Å²) < 4.78 is 10.7. The van der Waals surface area contributed by atoms with Gasteiger partial charge in [0.1, 0.15) is 11.4 Å². The average molecular weight is 391 g/mol. The highest BCUT2D eigenvalue weighted by Crippen LogP contribution is 2.26. The van der Waals surface area contributed by atoms with E-state index in [-0.39, 0.29) is 5.56 Å². The Bertz CT molecular complexity index is 1270. The van der Waals surface area contributed by atoms with Crippen LogP contribution in [0.4, 0.5) is 0 Å². The lowest BCUT2D eigenvalue weighted by atomic mass is 10.1. The smallest absolute Gasteiger partial charge is 0.325 e. The molecule has 29 heavy (non-hydrogen) atoms. The predicted molar refractivity (Wildman–Crippen MR) is 105 cm³/mol. The maximum atomic E-state index is 12.0. The molecule has 0 atom stereocenters. The van der Waals surface area contributed by atoms with E-state index in [1.165, 1.54) is 6.20 Å². The number of nitrogens with one attached hydrogen (secondary N) is 2. The number of H-pyrrole nitrogens is 2. The zero-order valence-corrected chi connectivity index (χ0v) is 15.7. The molecule has 0 bridgehead atoms. The van der Waals surface area contributed by atoms with Gasteiger partial charge in [0.15, 0.2) is 5.76 Å². The molecular formula is C20H17N5O4. The van der Waals surface area contributed by atoms with Gasteiger partial charge in [0.05, 0.1) is 24.1 Å². The van der Waals surface area contributed by atoms with Gasteiger partial charge in [-0.15, -0.1) is 5.10 Å². The molecule has 0 amide bonds. The van der Waals surface area contributed by atoms with Crippen LogP contribution in [0, 0.1) is 6.92 Å². The number of aromatic nitrogens is 5. The van der Waals surface area contributed by atoms with E-state index in [0.29, 0.717) is 29.1 Å². The first-order valence-corrected chi connectivity index (χ1v) is 8.79. The van der Waals surface area contributed by atoms with E-state index >= 15 is 0 Å². The minimum absolute atomic E-state index is 0.205.